The van der Waals surface area contributed by atoms with E-state index < -0.39 is 0 Å². The fourth-order valence-corrected chi connectivity index (χ4v) is 12.0. The molecular weight excluding hydrogens is 923 g/mol. The molecule has 0 atom stereocenters. The molecule has 6 heterocycles. The lowest BCUT2D eigenvalue weighted by atomic mass is 10.00. The van der Waals surface area contributed by atoms with E-state index in [2.05, 4.69) is 186 Å². The molecule has 15 rings (SSSR count). The molecule has 0 unspecified atom stereocenters. The summed E-state index contributed by atoms with van der Waals surface area (Å²) in [6.07, 6.45) is 13.8. The minimum Gasteiger partial charge on any atom is -0.458 e. The van der Waals surface area contributed by atoms with Crippen molar-refractivity contribution in [3.63, 3.8) is 0 Å². The van der Waals surface area contributed by atoms with Crippen LogP contribution in [0.1, 0.15) is 18.2 Å². The number of aryl methyl sites for hydroxylation is 1. The van der Waals surface area contributed by atoms with Gasteiger partial charge in [-0.25, -0.2) is 0 Å². The number of hydrogen-bond acceptors (Lipinski definition) is 6. The fourth-order valence-electron chi connectivity index (χ4n) is 12.0. The predicted octanol–water partition coefficient (Wildman–Crippen LogP) is 20.0. The second-order valence-electron chi connectivity index (χ2n) is 19.3. The van der Waals surface area contributed by atoms with E-state index in [-0.39, 0.29) is 0 Å². The van der Waals surface area contributed by atoms with Gasteiger partial charge in [0.15, 0.2) is 11.2 Å². The SMILES string of the molecule is C=C/C=C\C=C(/C)N(c1ccc2c(c1)oc1ccccc12)c1cc2c(/C=C\C=C)c(C)oc2c2c1c1cccc3c4c(N(c5ccccc5)c5ccc6c(c5)oc5ccccc56)cc5c6ccccc6oc5c4n2c13. The van der Waals surface area contributed by atoms with Crippen molar-refractivity contribution in [1.29, 1.82) is 0 Å². The van der Waals surface area contributed by atoms with Gasteiger partial charge in [-0.05, 0) is 86.7 Å². The van der Waals surface area contributed by atoms with Gasteiger partial charge in [0.2, 0.25) is 0 Å². The summed E-state index contributed by atoms with van der Waals surface area (Å²) >= 11 is 0. The summed E-state index contributed by atoms with van der Waals surface area (Å²) in [5.41, 5.74) is 15.5. The molecule has 0 radical (unpaired) electrons. The van der Waals surface area contributed by atoms with Crippen LogP contribution in [0.3, 0.4) is 0 Å². The molecule has 0 bridgehead atoms. The van der Waals surface area contributed by atoms with E-state index in [0.717, 1.165) is 160 Å². The first-order valence-corrected chi connectivity index (χ1v) is 25.2. The average molecular weight is 968 g/mol. The van der Waals surface area contributed by atoms with Crippen molar-refractivity contribution >= 4 is 149 Å². The summed E-state index contributed by atoms with van der Waals surface area (Å²) in [5, 5.41) is 11.5. The smallest absolute Gasteiger partial charge is 0.160 e. The summed E-state index contributed by atoms with van der Waals surface area (Å²) in [6.45, 7) is 12.2. The first kappa shape index (κ1) is 42.7. The maximum atomic E-state index is 7.16. The number of benzene rings is 9. The molecule has 15 aromatic rings. The van der Waals surface area contributed by atoms with Gasteiger partial charge in [-0.1, -0.05) is 141 Å². The molecule has 0 N–H and O–H groups in total. The van der Waals surface area contributed by atoms with Gasteiger partial charge in [-0.15, -0.1) is 0 Å². The van der Waals surface area contributed by atoms with Crippen LogP contribution in [0.15, 0.2) is 243 Å². The zero-order valence-corrected chi connectivity index (χ0v) is 41.1. The van der Waals surface area contributed by atoms with Gasteiger partial charge in [-0.2, -0.15) is 0 Å². The molecule has 75 heavy (non-hydrogen) atoms. The molecule has 6 aromatic heterocycles. The Kier molecular flexibility index (Phi) is 9.26. The summed E-state index contributed by atoms with van der Waals surface area (Å²) < 4.78 is 29.9. The van der Waals surface area contributed by atoms with Crippen molar-refractivity contribution in [3.8, 4) is 0 Å². The zero-order chi connectivity index (χ0) is 50.1. The molecule has 0 aliphatic rings. The highest BCUT2D eigenvalue weighted by Crippen LogP contribution is 2.54. The lowest BCUT2D eigenvalue weighted by Crippen LogP contribution is -2.15. The molecule has 0 fully saturated rings. The standard InChI is InChI=1S/C68H45N3O4/c1-5-7-10-20-40(3)69(43-32-34-49-46-24-13-16-29-57(46)73-60(49)36-43)55-38-53-45(23-8-6-2)41(4)72-67(53)65-62(55)51-27-19-28-52-63-56(39-54-48-26-15-18-31-59(48)75-68(54)66(63)71(65)64(51)52)70(42-21-11-9-12-22-42)44-33-35-50-47-25-14-17-30-58(47)74-61(50)37-44/h5-39H,1-2H2,3-4H3/b10-7-,23-8-,40-20+. The van der Waals surface area contributed by atoms with E-state index in [1.165, 1.54) is 0 Å². The van der Waals surface area contributed by atoms with Gasteiger partial charge in [0, 0.05) is 99.7 Å². The van der Waals surface area contributed by atoms with Crippen molar-refractivity contribution in [2.45, 2.75) is 13.8 Å². The maximum absolute atomic E-state index is 7.16. The van der Waals surface area contributed by atoms with Gasteiger partial charge >= 0.3 is 0 Å². The number of aromatic nitrogens is 1. The minimum absolute atomic E-state index is 0.774. The summed E-state index contributed by atoms with van der Waals surface area (Å²) in [7, 11) is 0. The van der Waals surface area contributed by atoms with Crippen LogP contribution in [0.2, 0.25) is 0 Å². The predicted molar refractivity (Wildman–Crippen MR) is 313 cm³/mol. The first-order valence-electron chi connectivity index (χ1n) is 25.2. The number of fused-ring (bicyclic) bond motifs is 18. The topological polar surface area (TPSA) is 63.5 Å². The fraction of sp³-hybridized carbons (Fsp3) is 0.0294. The number of allylic oxidation sites excluding steroid dienone is 7. The Morgan fingerprint density at radius 2 is 0.973 bits per heavy atom. The highest BCUT2D eigenvalue weighted by molar-refractivity contribution is 6.35. The van der Waals surface area contributed by atoms with Crippen LogP contribution in [0.5, 0.6) is 0 Å². The number of para-hydroxylation sites is 5. The third-order valence-electron chi connectivity index (χ3n) is 15.1. The van der Waals surface area contributed by atoms with Crippen molar-refractivity contribution in [3.05, 3.63) is 236 Å². The lowest BCUT2D eigenvalue weighted by Gasteiger charge is -2.27. The molecule has 7 heteroatoms. The molecule has 0 saturated carbocycles. The van der Waals surface area contributed by atoms with E-state index in [4.69, 9.17) is 17.7 Å². The van der Waals surface area contributed by atoms with E-state index in [1.807, 2.05) is 61.6 Å². The van der Waals surface area contributed by atoms with Crippen LogP contribution in [-0.2, 0) is 0 Å². The number of hydrogen-bond donors (Lipinski definition) is 0. The van der Waals surface area contributed by atoms with Gasteiger partial charge in [0.1, 0.15) is 44.7 Å². The molecule has 7 nitrogen and oxygen atoms in total. The van der Waals surface area contributed by atoms with Gasteiger partial charge in [0.25, 0.3) is 0 Å². The third kappa shape index (κ3) is 6.16. The second kappa shape index (κ2) is 16.3. The molecular formula is C68H45N3O4. The van der Waals surface area contributed by atoms with Crippen LogP contribution in [0.25, 0.3) is 121 Å². The first-order chi connectivity index (χ1) is 37.0. The molecule has 0 amide bonds. The molecule has 0 spiro atoms. The summed E-state index contributed by atoms with van der Waals surface area (Å²) in [6, 6.07) is 59.9. The Hall–Kier alpha value is -9.98. The van der Waals surface area contributed by atoms with Crippen molar-refractivity contribution in [2.24, 2.45) is 0 Å². The Morgan fingerprint density at radius 3 is 1.64 bits per heavy atom. The largest absolute Gasteiger partial charge is 0.458 e. The van der Waals surface area contributed by atoms with E-state index in [0.29, 0.717) is 0 Å². The highest BCUT2D eigenvalue weighted by atomic mass is 16.3. The minimum atomic E-state index is 0.774. The quantitative estimate of drug-likeness (QED) is 0.127. The molecule has 0 aliphatic carbocycles. The second-order valence-corrected chi connectivity index (χ2v) is 19.3. The van der Waals surface area contributed by atoms with Crippen LogP contribution in [0.4, 0.5) is 28.4 Å². The van der Waals surface area contributed by atoms with Gasteiger partial charge < -0.3 is 31.9 Å². The molecule has 0 aliphatic heterocycles. The molecule has 0 saturated heterocycles. The van der Waals surface area contributed by atoms with E-state index in [9.17, 15) is 0 Å². The third-order valence-corrected chi connectivity index (χ3v) is 15.1. The monoisotopic (exact) mass is 967 g/mol. The summed E-state index contributed by atoms with van der Waals surface area (Å²) in [5.74, 6) is 0.799. The van der Waals surface area contributed by atoms with E-state index in [1.54, 1.807) is 6.08 Å². The van der Waals surface area contributed by atoms with Crippen LogP contribution >= 0.6 is 0 Å². The molecule has 9 aromatic carbocycles. The highest BCUT2D eigenvalue weighted by Gasteiger charge is 2.32. The Morgan fingerprint density at radius 1 is 0.440 bits per heavy atom. The summed E-state index contributed by atoms with van der Waals surface area (Å²) in [4.78, 5) is 4.72. The number of rotatable bonds is 10. The number of nitrogens with zero attached hydrogens (tertiary/aromatic N) is 3. The van der Waals surface area contributed by atoms with Crippen LogP contribution in [-0.4, -0.2) is 4.40 Å². The Balaban J connectivity index is 1.12. The Bertz CT molecular complexity index is 4970. The maximum Gasteiger partial charge on any atom is 0.160 e. The number of furan rings is 4. The molecule has 356 valence electrons. The van der Waals surface area contributed by atoms with E-state index >= 15 is 0 Å². The van der Waals surface area contributed by atoms with Crippen molar-refractivity contribution in [1.82, 2.24) is 4.40 Å². The van der Waals surface area contributed by atoms with Crippen molar-refractivity contribution in [2.75, 3.05) is 9.80 Å². The van der Waals surface area contributed by atoms with Crippen LogP contribution < -0.4 is 9.80 Å². The average Bonchev–Trinajstić information content (AvgIpc) is 4.48. The normalized spacial score (nSPS) is 12.7. The lowest BCUT2D eigenvalue weighted by molar-refractivity contribution is 0.579. The zero-order valence-electron chi connectivity index (χ0n) is 41.1. The van der Waals surface area contributed by atoms with Crippen molar-refractivity contribution < 1.29 is 17.7 Å². The number of anilines is 5. The van der Waals surface area contributed by atoms with Gasteiger partial charge in [0.05, 0.1) is 16.9 Å². The Labute approximate surface area is 429 Å². The van der Waals surface area contributed by atoms with Crippen LogP contribution in [0, 0.1) is 6.92 Å². The van der Waals surface area contributed by atoms with Gasteiger partial charge in [-0.3, -0.25) is 0 Å².